The van der Waals surface area contributed by atoms with Crippen LogP contribution in [0.3, 0.4) is 0 Å². The Hall–Kier alpha value is -2.16. The number of nitrogens with zero attached hydrogens (tertiary/aromatic N) is 4. The lowest BCUT2D eigenvalue weighted by Gasteiger charge is -2.10. The zero-order valence-corrected chi connectivity index (χ0v) is 15.2. The van der Waals surface area contributed by atoms with Crippen LogP contribution in [0.15, 0.2) is 29.6 Å². The Morgan fingerprint density at radius 2 is 2.31 bits per heavy atom. The van der Waals surface area contributed by atoms with E-state index in [2.05, 4.69) is 15.1 Å². The van der Waals surface area contributed by atoms with Crippen LogP contribution in [0, 0.1) is 12.7 Å². The van der Waals surface area contributed by atoms with E-state index in [4.69, 9.17) is 9.47 Å². The van der Waals surface area contributed by atoms with E-state index >= 15 is 0 Å². The molecule has 1 aliphatic heterocycles. The highest BCUT2D eigenvalue weighted by atomic mass is 32.1. The molecule has 1 aromatic carbocycles. The Morgan fingerprint density at radius 1 is 1.38 bits per heavy atom. The first kappa shape index (κ1) is 17.3. The van der Waals surface area contributed by atoms with Gasteiger partial charge in [-0.1, -0.05) is 6.07 Å². The van der Waals surface area contributed by atoms with E-state index in [1.165, 1.54) is 23.5 Å². The molecule has 3 aromatic rings. The van der Waals surface area contributed by atoms with Gasteiger partial charge in [-0.2, -0.15) is 0 Å². The standard InChI is InChI=1S/C18H19FN4O2S/c1-12-20-16(11-26-12)18-21-17(10-24-9-15-6-3-7-25-15)23(22-18)14-5-2-4-13(19)8-14/h2,4-5,8,11,15H,3,6-7,9-10H2,1H3/t15-/m1/s1. The van der Waals surface area contributed by atoms with Gasteiger partial charge in [0, 0.05) is 12.0 Å². The topological polar surface area (TPSA) is 62.1 Å². The summed E-state index contributed by atoms with van der Waals surface area (Å²) in [5.74, 6) is 0.791. The monoisotopic (exact) mass is 374 g/mol. The molecule has 136 valence electrons. The Kier molecular flexibility index (Phi) is 5.05. The van der Waals surface area contributed by atoms with Gasteiger partial charge in [0.2, 0.25) is 5.82 Å². The van der Waals surface area contributed by atoms with Gasteiger partial charge in [-0.25, -0.2) is 19.0 Å². The lowest BCUT2D eigenvalue weighted by Crippen LogP contribution is -2.15. The van der Waals surface area contributed by atoms with Crippen LogP contribution >= 0.6 is 11.3 Å². The maximum atomic E-state index is 13.7. The van der Waals surface area contributed by atoms with E-state index in [0.717, 1.165) is 24.5 Å². The van der Waals surface area contributed by atoms with Crippen molar-refractivity contribution < 1.29 is 13.9 Å². The van der Waals surface area contributed by atoms with E-state index in [0.29, 0.717) is 29.6 Å². The molecule has 0 unspecified atom stereocenters. The number of ether oxygens (including phenoxy) is 2. The molecule has 1 fully saturated rings. The second kappa shape index (κ2) is 7.61. The van der Waals surface area contributed by atoms with Gasteiger partial charge in [0.05, 0.1) is 23.4 Å². The van der Waals surface area contributed by atoms with Crippen LogP contribution in [-0.4, -0.2) is 39.1 Å². The molecular weight excluding hydrogens is 355 g/mol. The summed E-state index contributed by atoms with van der Waals surface area (Å²) in [6, 6.07) is 6.26. The molecule has 0 amide bonds. The molecule has 0 radical (unpaired) electrons. The Morgan fingerprint density at radius 3 is 3.04 bits per heavy atom. The van der Waals surface area contributed by atoms with Crippen LogP contribution in [-0.2, 0) is 16.1 Å². The molecule has 0 aliphatic carbocycles. The third-order valence-corrected chi connectivity index (χ3v) is 4.91. The van der Waals surface area contributed by atoms with Gasteiger partial charge in [-0.05, 0) is 38.0 Å². The van der Waals surface area contributed by atoms with Crippen molar-refractivity contribution >= 4 is 11.3 Å². The molecule has 1 aliphatic rings. The summed E-state index contributed by atoms with van der Waals surface area (Å²) >= 11 is 1.54. The van der Waals surface area contributed by atoms with Crippen LogP contribution < -0.4 is 0 Å². The first-order valence-corrected chi connectivity index (χ1v) is 9.41. The molecule has 3 heterocycles. The minimum absolute atomic E-state index is 0.140. The van der Waals surface area contributed by atoms with Gasteiger partial charge < -0.3 is 9.47 Å². The summed E-state index contributed by atoms with van der Waals surface area (Å²) in [6.45, 7) is 3.51. The van der Waals surface area contributed by atoms with Crippen molar-refractivity contribution in [3.05, 3.63) is 46.3 Å². The zero-order valence-electron chi connectivity index (χ0n) is 14.4. The molecule has 26 heavy (non-hydrogen) atoms. The summed E-state index contributed by atoms with van der Waals surface area (Å²) < 4.78 is 26.6. The number of hydrogen-bond acceptors (Lipinski definition) is 6. The molecule has 0 bridgehead atoms. The fourth-order valence-electron chi connectivity index (χ4n) is 2.88. The quantitative estimate of drug-likeness (QED) is 0.660. The zero-order chi connectivity index (χ0) is 17.9. The molecule has 6 nitrogen and oxygen atoms in total. The fraction of sp³-hybridized carbons (Fsp3) is 0.389. The number of aryl methyl sites for hydroxylation is 1. The third kappa shape index (κ3) is 3.82. The van der Waals surface area contributed by atoms with E-state index in [-0.39, 0.29) is 18.5 Å². The summed E-state index contributed by atoms with van der Waals surface area (Å²) in [6.07, 6.45) is 2.22. The average Bonchev–Trinajstić information content (AvgIpc) is 3.36. The third-order valence-electron chi connectivity index (χ3n) is 4.13. The maximum Gasteiger partial charge on any atom is 0.201 e. The first-order chi connectivity index (χ1) is 12.7. The molecule has 2 aromatic heterocycles. The minimum atomic E-state index is -0.324. The number of benzene rings is 1. The minimum Gasteiger partial charge on any atom is -0.376 e. The summed E-state index contributed by atoms with van der Waals surface area (Å²) in [5, 5.41) is 7.38. The van der Waals surface area contributed by atoms with Gasteiger partial charge in [0.15, 0.2) is 5.82 Å². The Balaban J connectivity index is 1.60. The molecule has 0 saturated carbocycles. The molecule has 1 saturated heterocycles. The van der Waals surface area contributed by atoms with Crippen LogP contribution in [0.1, 0.15) is 23.7 Å². The molecule has 4 rings (SSSR count). The van der Waals surface area contributed by atoms with Crippen LogP contribution in [0.4, 0.5) is 4.39 Å². The fourth-order valence-corrected chi connectivity index (χ4v) is 3.48. The molecule has 0 spiro atoms. The number of rotatable bonds is 6. The Bertz CT molecular complexity index is 889. The predicted octanol–water partition coefficient (Wildman–Crippen LogP) is 3.53. The smallest absolute Gasteiger partial charge is 0.201 e. The van der Waals surface area contributed by atoms with Gasteiger partial charge in [-0.15, -0.1) is 16.4 Å². The van der Waals surface area contributed by atoms with E-state index in [1.54, 1.807) is 16.8 Å². The van der Waals surface area contributed by atoms with Gasteiger partial charge in [0.25, 0.3) is 0 Å². The van der Waals surface area contributed by atoms with Crippen molar-refractivity contribution in [2.24, 2.45) is 0 Å². The number of halogens is 1. The second-order valence-electron chi connectivity index (χ2n) is 6.15. The highest BCUT2D eigenvalue weighted by Gasteiger charge is 2.18. The molecular formula is C18H19FN4O2S. The normalized spacial score (nSPS) is 17.1. The summed E-state index contributed by atoms with van der Waals surface area (Å²) in [4.78, 5) is 9.01. The average molecular weight is 374 g/mol. The highest BCUT2D eigenvalue weighted by molar-refractivity contribution is 7.09. The van der Waals surface area contributed by atoms with Crippen molar-refractivity contribution in [1.29, 1.82) is 0 Å². The second-order valence-corrected chi connectivity index (χ2v) is 7.21. The maximum absolute atomic E-state index is 13.7. The summed E-state index contributed by atoms with van der Waals surface area (Å²) in [5.41, 5.74) is 1.31. The lowest BCUT2D eigenvalue weighted by molar-refractivity contribution is 0.00818. The number of aromatic nitrogens is 4. The van der Waals surface area contributed by atoms with E-state index < -0.39 is 0 Å². The van der Waals surface area contributed by atoms with Crippen molar-refractivity contribution in [3.63, 3.8) is 0 Å². The van der Waals surface area contributed by atoms with Gasteiger partial charge in [0.1, 0.15) is 18.1 Å². The van der Waals surface area contributed by atoms with Gasteiger partial charge >= 0.3 is 0 Å². The van der Waals surface area contributed by atoms with Gasteiger partial charge in [-0.3, -0.25) is 0 Å². The van der Waals surface area contributed by atoms with Crippen molar-refractivity contribution in [1.82, 2.24) is 19.7 Å². The number of thiazole rings is 1. The van der Waals surface area contributed by atoms with Crippen molar-refractivity contribution in [3.8, 4) is 17.2 Å². The predicted molar refractivity (Wildman–Crippen MR) is 95.8 cm³/mol. The van der Waals surface area contributed by atoms with E-state index in [1.807, 2.05) is 12.3 Å². The van der Waals surface area contributed by atoms with Crippen molar-refractivity contribution in [2.45, 2.75) is 32.5 Å². The highest BCUT2D eigenvalue weighted by Crippen LogP contribution is 2.21. The molecule has 0 N–H and O–H groups in total. The number of hydrogen-bond donors (Lipinski definition) is 0. The molecule has 1 atom stereocenters. The lowest BCUT2D eigenvalue weighted by atomic mass is 10.2. The van der Waals surface area contributed by atoms with Crippen LogP contribution in [0.2, 0.25) is 0 Å². The van der Waals surface area contributed by atoms with E-state index in [9.17, 15) is 4.39 Å². The summed E-state index contributed by atoms with van der Waals surface area (Å²) in [7, 11) is 0. The van der Waals surface area contributed by atoms with Crippen LogP contribution in [0.25, 0.3) is 17.2 Å². The first-order valence-electron chi connectivity index (χ1n) is 8.53. The van der Waals surface area contributed by atoms with Crippen molar-refractivity contribution in [2.75, 3.05) is 13.2 Å². The molecule has 8 heteroatoms. The van der Waals surface area contributed by atoms with Crippen LogP contribution in [0.5, 0.6) is 0 Å². The Labute approximate surface area is 154 Å². The largest absolute Gasteiger partial charge is 0.376 e. The SMILES string of the molecule is Cc1nc(-c2nc(COC[C@H]3CCCO3)n(-c3cccc(F)c3)n2)cs1.